The van der Waals surface area contributed by atoms with Gasteiger partial charge in [0.2, 0.25) is 15.9 Å². The second-order valence-electron chi connectivity index (χ2n) is 7.08. The zero-order chi connectivity index (χ0) is 22.6. The Morgan fingerprint density at radius 1 is 1.19 bits per heavy atom. The van der Waals surface area contributed by atoms with E-state index >= 15 is 0 Å². The Morgan fingerprint density at radius 3 is 2.65 bits per heavy atom. The fourth-order valence-electron chi connectivity index (χ4n) is 3.04. The van der Waals surface area contributed by atoms with Crippen LogP contribution in [0.2, 0.25) is 0 Å². The molecular weight excluding hydrogens is 420 g/mol. The molecule has 0 fully saturated rings. The summed E-state index contributed by atoms with van der Waals surface area (Å²) >= 11 is 0. The van der Waals surface area contributed by atoms with Gasteiger partial charge in [-0.3, -0.25) is 9.59 Å². The summed E-state index contributed by atoms with van der Waals surface area (Å²) in [5.74, 6) is 0.556. The number of ether oxygens (including phenoxy) is 1. The van der Waals surface area contributed by atoms with E-state index < -0.39 is 10.0 Å². The first kappa shape index (κ1) is 22.4. The molecule has 2 N–H and O–H groups in total. The summed E-state index contributed by atoms with van der Waals surface area (Å²) in [7, 11) is 0.654. The maximum atomic E-state index is 12.4. The van der Waals surface area contributed by atoms with Crippen LogP contribution in [0.5, 0.6) is 5.75 Å². The fourth-order valence-corrected chi connectivity index (χ4v) is 3.97. The van der Waals surface area contributed by atoms with Crippen molar-refractivity contribution in [2.45, 2.75) is 24.2 Å². The number of hydrogen-bond acceptors (Lipinski definition) is 6. The first-order chi connectivity index (χ1) is 14.7. The maximum Gasteiger partial charge on any atom is 0.258 e. The van der Waals surface area contributed by atoms with E-state index in [-0.39, 0.29) is 28.5 Å². The third kappa shape index (κ3) is 5.09. The van der Waals surface area contributed by atoms with Crippen LogP contribution < -0.4 is 15.6 Å². The van der Waals surface area contributed by atoms with Crippen LogP contribution in [0, 0.1) is 0 Å². The number of H-pyrrole nitrogens is 1. The summed E-state index contributed by atoms with van der Waals surface area (Å²) in [4.78, 5) is 31.8. The molecular formula is C21H24N4O5S. The lowest BCUT2D eigenvalue weighted by molar-refractivity contribution is -0.116. The molecule has 0 unspecified atom stereocenters. The van der Waals surface area contributed by atoms with Gasteiger partial charge in [-0.1, -0.05) is 12.1 Å². The number of nitrogens with one attached hydrogen (secondary N) is 2. The Morgan fingerprint density at radius 2 is 1.94 bits per heavy atom. The first-order valence-electron chi connectivity index (χ1n) is 9.60. The standard InChI is InChI=1S/C21H24N4O5S/c1-25(2)31(28,29)14-11-12-18(30-3)17(13-14)23-20(26)10-6-9-19-22-16-8-5-4-7-15(16)21(27)24-19/h4-5,7-8,11-13H,6,9-10H2,1-3H3,(H,23,26)(H,22,24,27). The second-order valence-corrected chi connectivity index (χ2v) is 9.23. The Bertz CT molecular complexity index is 1270. The highest BCUT2D eigenvalue weighted by molar-refractivity contribution is 7.89. The largest absolute Gasteiger partial charge is 0.495 e. The number of sulfonamides is 1. The summed E-state index contributed by atoms with van der Waals surface area (Å²) in [5, 5.41) is 3.22. The molecule has 0 bridgehead atoms. The van der Waals surface area contributed by atoms with Crippen LogP contribution in [0.1, 0.15) is 18.7 Å². The van der Waals surface area contributed by atoms with Gasteiger partial charge < -0.3 is 15.0 Å². The van der Waals surface area contributed by atoms with E-state index in [1.807, 2.05) is 6.07 Å². The lowest BCUT2D eigenvalue weighted by atomic mass is 10.2. The number of rotatable bonds is 8. The molecule has 0 radical (unpaired) electrons. The van der Waals surface area contributed by atoms with Gasteiger partial charge in [0.1, 0.15) is 11.6 Å². The number of para-hydroxylation sites is 1. The molecule has 0 aliphatic heterocycles. The minimum absolute atomic E-state index is 0.0477. The molecule has 1 amide bonds. The Labute approximate surface area is 180 Å². The van der Waals surface area contributed by atoms with Gasteiger partial charge in [-0.2, -0.15) is 0 Å². The van der Waals surface area contributed by atoms with Crippen LogP contribution in [0.4, 0.5) is 5.69 Å². The number of aromatic nitrogens is 2. The Kier molecular flexibility index (Phi) is 6.71. The number of hydrogen-bond donors (Lipinski definition) is 2. The second kappa shape index (κ2) is 9.27. The predicted molar refractivity (Wildman–Crippen MR) is 118 cm³/mol. The van der Waals surface area contributed by atoms with Crippen molar-refractivity contribution >= 4 is 32.5 Å². The summed E-state index contributed by atoms with van der Waals surface area (Å²) in [5.41, 5.74) is 0.663. The predicted octanol–water partition coefficient (Wildman–Crippen LogP) is 2.14. The summed E-state index contributed by atoms with van der Waals surface area (Å²) in [6.45, 7) is 0. The zero-order valence-corrected chi connectivity index (χ0v) is 18.3. The van der Waals surface area contributed by atoms with Crippen molar-refractivity contribution in [2.75, 3.05) is 26.5 Å². The van der Waals surface area contributed by atoms with Crippen LogP contribution in [0.15, 0.2) is 52.2 Å². The van der Waals surface area contributed by atoms with Gasteiger partial charge in [-0.05, 0) is 36.8 Å². The van der Waals surface area contributed by atoms with E-state index in [4.69, 9.17) is 4.74 Å². The summed E-state index contributed by atoms with van der Waals surface area (Å²) in [6.07, 6.45) is 1.02. The fraction of sp³-hybridized carbons (Fsp3) is 0.286. The monoisotopic (exact) mass is 444 g/mol. The van der Waals surface area contributed by atoms with Gasteiger partial charge in [-0.15, -0.1) is 0 Å². The number of nitrogens with zero attached hydrogens (tertiary/aromatic N) is 2. The van der Waals surface area contributed by atoms with Crippen molar-refractivity contribution in [3.05, 3.63) is 58.6 Å². The first-order valence-corrected chi connectivity index (χ1v) is 11.0. The zero-order valence-electron chi connectivity index (χ0n) is 17.5. The molecule has 0 saturated heterocycles. The van der Waals surface area contributed by atoms with Crippen LogP contribution in [-0.2, 0) is 21.2 Å². The van der Waals surface area contributed by atoms with Gasteiger partial charge in [0.25, 0.3) is 5.56 Å². The van der Waals surface area contributed by atoms with E-state index in [1.54, 1.807) is 18.2 Å². The molecule has 9 nitrogen and oxygen atoms in total. The molecule has 3 rings (SSSR count). The lowest BCUT2D eigenvalue weighted by Crippen LogP contribution is -2.22. The van der Waals surface area contributed by atoms with Crippen LogP contribution >= 0.6 is 0 Å². The van der Waals surface area contributed by atoms with Crippen molar-refractivity contribution in [3.63, 3.8) is 0 Å². The van der Waals surface area contributed by atoms with Crippen LogP contribution in [0.3, 0.4) is 0 Å². The van der Waals surface area contributed by atoms with Gasteiger partial charge >= 0.3 is 0 Å². The number of benzene rings is 2. The molecule has 2 aromatic carbocycles. The van der Waals surface area contributed by atoms with Crippen molar-refractivity contribution in [1.29, 1.82) is 0 Å². The lowest BCUT2D eigenvalue weighted by Gasteiger charge is -2.15. The minimum atomic E-state index is -3.65. The highest BCUT2D eigenvalue weighted by atomic mass is 32.2. The van der Waals surface area contributed by atoms with Crippen molar-refractivity contribution in [1.82, 2.24) is 14.3 Å². The van der Waals surface area contributed by atoms with Gasteiger partial charge in [-0.25, -0.2) is 17.7 Å². The Hall–Kier alpha value is -3.24. The summed E-state index contributed by atoms with van der Waals surface area (Å²) in [6, 6.07) is 11.3. The quantitative estimate of drug-likeness (QED) is 0.549. The minimum Gasteiger partial charge on any atom is -0.495 e. The number of anilines is 1. The number of fused-ring (bicyclic) bond motifs is 1. The average Bonchev–Trinajstić information content (AvgIpc) is 2.73. The third-order valence-electron chi connectivity index (χ3n) is 4.70. The number of methoxy groups -OCH3 is 1. The normalized spacial score (nSPS) is 11.6. The molecule has 1 heterocycles. The van der Waals surface area contributed by atoms with Crippen molar-refractivity contribution in [3.8, 4) is 5.75 Å². The van der Waals surface area contributed by atoms with Crippen molar-refractivity contribution in [2.24, 2.45) is 0 Å². The van der Waals surface area contributed by atoms with Gasteiger partial charge in [0, 0.05) is 26.9 Å². The average molecular weight is 445 g/mol. The number of amides is 1. The molecule has 3 aromatic rings. The topological polar surface area (TPSA) is 121 Å². The smallest absolute Gasteiger partial charge is 0.258 e. The number of aryl methyl sites for hydroxylation is 1. The molecule has 0 saturated carbocycles. The van der Waals surface area contributed by atoms with E-state index in [0.717, 1.165) is 4.31 Å². The number of carbonyl (C=O) groups is 1. The number of aromatic amines is 1. The van der Waals surface area contributed by atoms with Crippen LogP contribution in [-0.4, -0.2) is 49.8 Å². The van der Waals surface area contributed by atoms with Gasteiger partial charge in [0.05, 0.1) is 28.6 Å². The van der Waals surface area contributed by atoms with E-state index in [0.29, 0.717) is 35.3 Å². The van der Waals surface area contributed by atoms with Gasteiger partial charge in [0.15, 0.2) is 0 Å². The maximum absolute atomic E-state index is 12.4. The SMILES string of the molecule is COc1ccc(S(=O)(=O)N(C)C)cc1NC(=O)CCCc1nc2ccccc2c(=O)[nH]1. The number of carbonyl (C=O) groups excluding carboxylic acids is 1. The van der Waals surface area contributed by atoms with E-state index in [9.17, 15) is 18.0 Å². The molecule has 0 atom stereocenters. The summed E-state index contributed by atoms with van der Waals surface area (Å²) < 4.78 is 31.0. The molecule has 0 spiro atoms. The molecule has 164 valence electrons. The van der Waals surface area contributed by atoms with E-state index in [2.05, 4.69) is 15.3 Å². The molecule has 10 heteroatoms. The molecule has 1 aromatic heterocycles. The molecule has 0 aliphatic rings. The highest BCUT2D eigenvalue weighted by Gasteiger charge is 2.19. The molecule has 31 heavy (non-hydrogen) atoms. The van der Waals surface area contributed by atoms with Crippen LogP contribution in [0.25, 0.3) is 10.9 Å². The van der Waals surface area contributed by atoms with Crippen molar-refractivity contribution < 1.29 is 17.9 Å². The Balaban J connectivity index is 1.68. The molecule has 0 aliphatic carbocycles. The van der Waals surface area contributed by atoms with E-state index in [1.165, 1.54) is 39.4 Å². The third-order valence-corrected chi connectivity index (χ3v) is 6.51. The highest BCUT2D eigenvalue weighted by Crippen LogP contribution is 2.28.